The molecule has 9 nitrogen and oxygen atoms in total. The molecule has 0 saturated heterocycles. The van der Waals surface area contributed by atoms with Gasteiger partial charge in [-0.1, -0.05) is 0 Å². The number of hydrogen-bond acceptors (Lipinski definition) is 8. The van der Waals surface area contributed by atoms with Crippen molar-refractivity contribution in [2.45, 2.75) is 26.9 Å². The SMILES string of the molecule is CCNc1nc(Oc2ncn(C)n2)nc(OC(C)C)n1. The summed E-state index contributed by atoms with van der Waals surface area (Å²) in [4.78, 5) is 16.2. The molecule has 2 aromatic heterocycles. The van der Waals surface area contributed by atoms with Crippen LogP contribution in [-0.2, 0) is 7.05 Å². The Hall–Kier alpha value is -2.45. The predicted octanol–water partition coefficient (Wildman–Crippen LogP) is 1.01. The minimum absolute atomic E-state index is 0.0484. The van der Waals surface area contributed by atoms with E-state index in [4.69, 9.17) is 9.47 Å². The second kappa shape index (κ2) is 6.13. The van der Waals surface area contributed by atoms with Crippen LogP contribution in [0.5, 0.6) is 18.0 Å². The molecule has 0 saturated carbocycles. The molecule has 0 aliphatic carbocycles. The topological polar surface area (TPSA) is 99.9 Å². The van der Waals surface area contributed by atoms with Gasteiger partial charge in [-0.15, -0.1) is 10.1 Å². The van der Waals surface area contributed by atoms with Gasteiger partial charge < -0.3 is 14.8 Å². The maximum absolute atomic E-state index is 5.46. The van der Waals surface area contributed by atoms with Crippen molar-refractivity contribution in [2.75, 3.05) is 11.9 Å². The molecule has 0 radical (unpaired) electrons. The monoisotopic (exact) mass is 279 g/mol. The van der Waals surface area contributed by atoms with E-state index in [1.807, 2.05) is 20.8 Å². The molecule has 0 bridgehead atoms. The largest absolute Gasteiger partial charge is 0.461 e. The van der Waals surface area contributed by atoms with Crippen LogP contribution in [0, 0.1) is 0 Å². The van der Waals surface area contributed by atoms with E-state index in [9.17, 15) is 0 Å². The lowest BCUT2D eigenvalue weighted by atomic mass is 10.5. The van der Waals surface area contributed by atoms with Crippen molar-refractivity contribution in [3.8, 4) is 18.0 Å². The molecule has 0 aliphatic rings. The number of aryl methyl sites for hydroxylation is 1. The molecule has 0 fully saturated rings. The van der Waals surface area contributed by atoms with Crippen molar-refractivity contribution in [1.82, 2.24) is 29.7 Å². The van der Waals surface area contributed by atoms with E-state index in [2.05, 4.69) is 30.4 Å². The molecule has 0 amide bonds. The highest BCUT2D eigenvalue weighted by atomic mass is 16.5. The van der Waals surface area contributed by atoms with Crippen molar-refractivity contribution in [1.29, 1.82) is 0 Å². The Morgan fingerprint density at radius 1 is 1.20 bits per heavy atom. The second-order valence-electron chi connectivity index (χ2n) is 4.22. The third kappa shape index (κ3) is 3.77. The van der Waals surface area contributed by atoms with Crippen LogP contribution in [0.25, 0.3) is 0 Å². The summed E-state index contributed by atoms with van der Waals surface area (Å²) in [5.74, 6) is 0.379. The first kappa shape index (κ1) is 14.0. The van der Waals surface area contributed by atoms with E-state index in [0.29, 0.717) is 12.5 Å². The van der Waals surface area contributed by atoms with Crippen molar-refractivity contribution in [3.63, 3.8) is 0 Å². The van der Waals surface area contributed by atoms with Crippen LogP contribution in [0.2, 0.25) is 0 Å². The van der Waals surface area contributed by atoms with Gasteiger partial charge in [0.15, 0.2) is 0 Å². The summed E-state index contributed by atoms with van der Waals surface area (Å²) in [5, 5.41) is 6.98. The molecule has 2 rings (SSSR count). The lowest BCUT2D eigenvalue weighted by Crippen LogP contribution is -2.12. The average molecular weight is 279 g/mol. The normalized spacial score (nSPS) is 10.7. The van der Waals surface area contributed by atoms with Crippen LogP contribution >= 0.6 is 0 Å². The maximum atomic E-state index is 5.46. The molecule has 1 N–H and O–H groups in total. The Kier molecular flexibility index (Phi) is 4.28. The van der Waals surface area contributed by atoms with Gasteiger partial charge in [-0.25, -0.2) is 0 Å². The Morgan fingerprint density at radius 2 is 1.95 bits per heavy atom. The first-order chi connectivity index (χ1) is 9.56. The molecule has 9 heteroatoms. The van der Waals surface area contributed by atoms with Crippen LogP contribution in [0.1, 0.15) is 20.8 Å². The molecule has 2 heterocycles. The fraction of sp³-hybridized carbons (Fsp3) is 0.545. The lowest BCUT2D eigenvalue weighted by molar-refractivity contribution is 0.218. The average Bonchev–Trinajstić information content (AvgIpc) is 2.74. The summed E-state index contributed by atoms with van der Waals surface area (Å²) < 4.78 is 12.4. The summed E-state index contributed by atoms with van der Waals surface area (Å²) in [7, 11) is 1.74. The van der Waals surface area contributed by atoms with Gasteiger partial charge in [-0.3, -0.25) is 4.68 Å². The number of ether oxygens (including phenoxy) is 2. The molecule has 2 aromatic rings. The molecule has 108 valence electrons. The molecule has 20 heavy (non-hydrogen) atoms. The highest BCUT2D eigenvalue weighted by molar-refractivity contribution is 5.27. The molecule has 0 unspecified atom stereocenters. The number of nitrogens with one attached hydrogen (secondary N) is 1. The molecule has 0 spiro atoms. The summed E-state index contributed by atoms with van der Waals surface area (Å²) >= 11 is 0. The number of rotatable bonds is 6. The van der Waals surface area contributed by atoms with Crippen molar-refractivity contribution < 1.29 is 9.47 Å². The molecule has 0 aliphatic heterocycles. The van der Waals surface area contributed by atoms with E-state index >= 15 is 0 Å². The van der Waals surface area contributed by atoms with E-state index in [0.717, 1.165) is 0 Å². The van der Waals surface area contributed by atoms with Gasteiger partial charge >= 0.3 is 18.0 Å². The van der Waals surface area contributed by atoms with Crippen LogP contribution in [0.3, 0.4) is 0 Å². The van der Waals surface area contributed by atoms with Crippen LogP contribution < -0.4 is 14.8 Å². The van der Waals surface area contributed by atoms with Gasteiger partial charge in [0.25, 0.3) is 0 Å². The van der Waals surface area contributed by atoms with Crippen LogP contribution in [-0.4, -0.2) is 42.4 Å². The first-order valence-corrected chi connectivity index (χ1v) is 6.27. The maximum Gasteiger partial charge on any atom is 0.343 e. The van der Waals surface area contributed by atoms with Crippen molar-refractivity contribution in [2.24, 2.45) is 7.05 Å². The zero-order valence-corrected chi connectivity index (χ0v) is 11.9. The number of aromatic nitrogens is 6. The third-order valence-corrected chi connectivity index (χ3v) is 2.03. The summed E-state index contributed by atoms with van der Waals surface area (Å²) in [6.45, 7) is 6.38. The van der Waals surface area contributed by atoms with Crippen LogP contribution in [0.4, 0.5) is 5.95 Å². The standard InChI is InChI=1S/C11H17N7O2/c1-5-12-8-14-10(19-7(2)3)16-11(15-8)20-9-13-6-18(4)17-9/h6-7H,5H2,1-4H3,(H,12,14,15,16). The Morgan fingerprint density at radius 3 is 2.55 bits per heavy atom. The van der Waals surface area contributed by atoms with Gasteiger partial charge in [0.1, 0.15) is 6.33 Å². The van der Waals surface area contributed by atoms with Crippen molar-refractivity contribution >= 4 is 5.95 Å². The van der Waals surface area contributed by atoms with Crippen molar-refractivity contribution in [3.05, 3.63) is 6.33 Å². The first-order valence-electron chi connectivity index (χ1n) is 6.27. The summed E-state index contributed by atoms with van der Waals surface area (Å²) in [5.41, 5.74) is 0. The quantitative estimate of drug-likeness (QED) is 0.836. The molecule has 0 aromatic carbocycles. The minimum Gasteiger partial charge on any atom is -0.461 e. The van der Waals surface area contributed by atoms with Gasteiger partial charge in [0.05, 0.1) is 6.10 Å². The van der Waals surface area contributed by atoms with E-state index in [-0.39, 0.29) is 24.1 Å². The second-order valence-corrected chi connectivity index (χ2v) is 4.22. The van der Waals surface area contributed by atoms with Gasteiger partial charge in [-0.2, -0.15) is 15.0 Å². The Labute approximate surface area is 116 Å². The third-order valence-electron chi connectivity index (χ3n) is 2.03. The minimum atomic E-state index is -0.0484. The fourth-order valence-corrected chi connectivity index (χ4v) is 1.33. The Bertz CT molecular complexity index is 570. The predicted molar refractivity (Wildman–Crippen MR) is 70.8 cm³/mol. The Balaban J connectivity index is 2.23. The number of hydrogen-bond donors (Lipinski definition) is 1. The zero-order chi connectivity index (χ0) is 14.5. The van der Waals surface area contributed by atoms with Gasteiger partial charge in [0, 0.05) is 13.6 Å². The summed E-state index contributed by atoms with van der Waals surface area (Å²) in [6.07, 6.45) is 1.47. The van der Waals surface area contributed by atoms with Gasteiger partial charge in [-0.05, 0) is 20.8 Å². The molecular formula is C11H17N7O2. The highest BCUT2D eigenvalue weighted by Gasteiger charge is 2.12. The van der Waals surface area contributed by atoms with E-state index < -0.39 is 0 Å². The molecular weight excluding hydrogens is 262 g/mol. The number of nitrogens with zero attached hydrogens (tertiary/aromatic N) is 6. The zero-order valence-electron chi connectivity index (χ0n) is 11.9. The van der Waals surface area contributed by atoms with Gasteiger partial charge in [0.2, 0.25) is 5.95 Å². The lowest BCUT2D eigenvalue weighted by Gasteiger charge is -2.10. The van der Waals surface area contributed by atoms with E-state index in [1.165, 1.54) is 11.0 Å². The number of anilines is 1. The smallest absolute Gasteiger partial charge is 0.343 e. The van der Waals surface area contributed by atoms with Crippen LogP contribution in [0.15, 0.2) is 6.33 Å². The van der Waals surface area contributed by atoms with E-state index in [1.54, 1.807) is 7.05 Å². The highest BCUT2D eigenvalue weighted by Crippen LogP contribution is 2.17. The fourth-order valence-electron chi connectivity index (χ4n) is 1.33. The molecule has 0 atom stereocenters. The summed E-state index contributed by atoms with van der Waals surface area (Å²) in [6, 6.07) is 0.436.